The highest BCUT2D eigenvalue weighted by molar-refractivity contribution is 6.17. The SMILES string of the molecule is C/C(=C\C=N/N)C1=Nc2ccccc2NC(=O)C1.CC.CC. The molecule has 0 aliphatic carbocycles. The number of rotatable bonds is 2. The second-order valence-electron chi connectivity index (χ2n) is 3.95. The van der Waals surface area contributed by atoms with E-state index in [-0.39, 0.29) is 12.3 Å². The Morgan fingerprint density at radius 2 is 1.91 bits per heavy atom. The van der Waals surface area contributed by atoms with Crippen LogP contribution in [0.5, 0.6) is 0 Å². The van der Waals surface area contributed by atoms with Gasteiger partial charge in [0.05, 0.1) is 23.5 Å². The van der Waals surface area contributed by atoms with Gasteiger partial charge in [0.1, 0.15) is 0 Å². The maximum Gasteiger partial charge on any atom is 0.230 e. The van der Waals surface area contributed by atoms with Crippen molar-refractivity contribution >= 4 is 29.2 Å². The molecule has 0 saturated carbocycles. The zero-order valence-corrected chi connectivity index (χ0v) is 14.1. The average Bonchev–Trinajstić information content (AvgIpc) is 2.74. The molecule has 5 heteroatoms. The zero-order chi connectivity index (χ0) is 17.0. The van der Waals surface area contributed by atoms with Crippen molar-refractivity contribution in [3.63, 3.8) is 0 Å². The lowest BCUT2D eigenvalue weighted by molar-refractivity contribution is -0.115. The van der Waals surface area contributed by atoms with Gasteiger partial charge >= 0.3 is 0 Å². The highest BCUT2D eigenvalue weighted by Gasteiger charge is 2.15. The van der Waals surface area contributed by atoms with Crippen LogP contribution in [-0.2, 0) is 4.79 Å². The van der Waals surface area contributed by atoms with Gasteiger partial charge in [0.25, 0.3) is 0 Å². The lowest BCUT2D eigenvalue weighted by Gasteiger charge is -2.02. The van der Waals surface area contributed by atoms with Gasteiger partial charge in [0.15, 0.2) is 0 Å². The lowest BCUT2D eigenvalue weighted by atomic mass is 10.1. The van der Waals surface area contributed by atoms with Crippen LogP contribution in [0.4, 0.5) is 11.4 Å². The second-order valence-corrected chi connectivity index (χ2v) is 3.95. The van der Waals surface area contributed by atoms with Gasteiger partial charge in [-0.15, -0.1) is 0 Å². The molecule has 1 aromatic rings. The molecule has 0 spiro atoms. The van der Waals surface area contributed by atoms with Crippen molar-refractivity contribution in [2.24, 2.45) is 15.9 Å². The third kappa shape index (κ3) is 5.91. The lowest BCUT2D eigenvalue weighted by Crippen LogP contribution is -2.14. The van der Waals surface area contributed by atoms with Crippen molar-refractivity contribution < 1.29 is 4.79 Å². The third-order valence-electron chi connectivity index (χ3n) is 2.63. The van der Waals surface area contributed by atoms with Crippen molar-refractivity contribution in [1.82, 2.24) is 0 Å². The molecule has 0 atom stereocenters. The number of carbonyl (C=O) groups is 1. The molecule has 1 aliphatic rings. The highest BCUT2D eigenvalue weighted by atomic mass is 16.1. The number of allylic oxidation sites excluding steroid dienone is 2. The number of hydrogen-bond acceptors (Lipinski definition) is 4. The van der Waals surface area contributed by atoms with Gasteiger partial charge in [-0.3, -0.25) is 9.79 Å². The van der Waals surface area contributed by atoms with Crippen molar-refractivity contribution in [2.75, 3.05) is 5.32 Å². The van der Waals surface area contributed by atoms with Gasteiger partial charge in [-0.25, -0.2) is 0 Å². The van der Waals surface area contributed by atoms with Crippen LogP contribution in [0.1, 0.15) is 41.0 Å². The molecule has 1 heterocycles. The minimum Gasteiger partial charge on any atom is -0.324 e. The number of amides is 1. The maximum absolute atomic E-state index is 11.8. The number of nitrogens with one attached hydrogen (secondary N) is 1. The van der Waals surface area contributed by atoms with Gasteiger partial charge < -0.3 is 11.2 Å². The van der Waals surface area contributed by atoms with Crippen molar-refractivity contribution in [2.45, 2.75) is 41.0 Å². The summed E-state index contributed by atoms with van der Waals surface area (Å²) in [6.45, 7) is 9.88. The maximum atomic E-state index is 11.8. The molecule has 0 fully saturated rings. The number of nitrogens with zero attached hydrogens (tertiary/aromatic N) is 2. The summed E-state index contributed by atoms with van der Waals surface area (Å²) < 4.78 is 0. The van der Waals surface area contributed by atoms with E-state index in [1.165, 1.54) is 6.21 Å². The Hall–Kier alpha value is -2.43. The van der Waals surface area contributed by atoms with E-state index in [4.69, 9.17) is 5.84 Å². The van der Waals surface area contributed by atoms with E-state index in [9.17, 15) is 4.79 Å². The first-order valence-electron chi connectivity index (χ1n) is 7.57. The number of hydrogen-bond donors (Lipinski definition) is 2. The number of aliphatic imine (C=N–C) groups is 1. The topological polar surface area (TPSA) is 79.8 Å². The van der Waals surface area contributed by atoms with Crippen LogP contribution >= 0.6 is 0 Å². The van der Waals surface area contributed by atoms with E-state index in [1.807, 2.05) is 58.9 Å². The first-order valence-corrected chi connectivity index (χ1v) is 7.57. The van der Waals surface area contributed by atoms with E-state index < -0.39 is 0 Å². The van der Waals surface area contributed by atoms with Crippen LogP contribution in [0.15, 0.2) is 46.0 Å². The normalized spacial score (nSPS) is 13.6. The molecule has 1 amide bonds. The molecule has 2 rings (SSSR count). The largest absolute Gasteiger partial charge is 0.324 e. The van der Waals surface area contributed by atoms with E-state index >= 15 is 0 Å². The summed E-state index contributed by atoms with van der Waals surface area (Å²) in [5, 5.41) is 6.22. The fraction of sp³-hybridized carbons (Fsp3) is 0.353. The molecule has 0 aromatic heterocycles. The number of anilines is 1. The van der Waals surface area contributed by atoms with Crippen LogP contribution in [0.2, 0.25) is 0 Å². The fourth-order valence-corrected chi connectivity index (χ4v) is 1.69. The summed E-state index contributed by atoms with van der Waals surface area (Å²) in [4.78, 5) is 16.3. The smallest absolute Gasteiger partial charge is 0.230 e. The van der Waals surface area contributed by atoms with Gasteiger partial charge in [-0.2, -0.15) is 5.10 Å². The minimum atomic E-state index is -0.0730. The van der Waals surface area contributed by atoms with Crippen LogP contribution in [0.3, 0.4) is 0 Å². The van der Waals surface area contributed by atoms with Crippen LogP contribution in [0, 0.1) is 0 Å². The Kier molecular flexibility index (Phi) is 10.0. The molecule has 0 radical (unpaired) electrons. The first kappa shape index (κ1) is 19.6. The molecule has 0 bridgehead atoms. The molecular weight excluding hydrogens is 276 g/mol. The molecule has 1 aromatic carbocycles. The van der Waals surface area contributed by atoms with Gasteiger partial charge in [0.2, 0.25) is 5.91 Å². The number of fused-ring (bicyclic) bond motifs is 1. The summed E-state index contributed by atoms with van der Waals surface area (Å²) in [7, 11) is 0. The molecule has 22 heavy (non-hydrogen) atoms. The standard InChI is InChI=1S/C13H14N4O.2C2H6/c1-9(6-7-15-14)12-8-13(18)17-11-5-3-2-4-10(11)16-12;2*1-2/h2-7H,8,14H2,1H3,(H,17,18);2*1-2H3/b9-6+,15-7-;;. The van der Waals surface area contributed by atoms with Crippen LogP contribution in [0.25, 0.3) is 0 Å². The molecule has 1 aliphatic heterocycles. The Balaban J connectivity index is 0.00000102. The van der Waals surface area contributed by atoms with E-state index in [0.717, 1.165) is 22.7 Å². The minimum absolute atomic E-state index is 0.0730. The summed E-state index contributed by atoms with van der Waals surface area (Å²) in [5.41, 5.74) is 3.09. The predicted octanol–water partition coefficient (Wildman–Crippen LogP) is 4.04. The molecule has 3 N–H and O–H groups in total. The molecule has 5 nitrogen and oxygen atoms in total. The number of carbonyl (C=O) groups excluding carboxylic acids is 1. The van der Waals surface area contributed by atoms with Gasteiger partial charge in [0, 0.05) is 6.21 Å². The van der Waals surface area contributed by atoms with E-state index in [0.29, 0.717) is 0 Å². The Bertz CT molecular complexity index is 560. The van der Waals surface area contributed by atoms with E-state index in [2.05, 4.69) is 15.4 Å². The molecule has 0 unspecified atom stereocenters. The fourth-order valence-electron chi connectivity index (χ4n) is 1.69. The predicted molar refractivity (Wildman–Crippen MR) is 95.9 cm³/mol. The summed E-state index contributed by atoms with van der Waals surface area (Å²) in [5.74, 6) is 4.97. The Morgan fingerprint density at radius 3 is 2.55 bits per heavy atom. The highest BCUT2D eigenvalue weighted by Crippen LogP contribution is 2.28. The quantitative estimate of drug-likeness (QED) is 0.491. The Morgan fingerprint density at radius 1 is 1.27 bits per heavy atom. The number of nitrogens with two attached hydrogens (primary N) is 1. The second kappa shape index (κ2) is 11.3. The average molecular weight is 302 g/mol. The number of para-hydroxylation sites is 2. The molecular formula is C17H26N4O. The molecule has 120 valence electrons. The number of hydrazone groups is 1. The van der Waals surface area contributed by atoms with Crippen molar-refractivity contribution in [3.05, 3.63) is 35.9 Å². The van der Waals surface area contributed by atoms with Crippen molar-refractivity contribution in [3.8, 4) is 0 Å². The molecule has 0 saturated heterocycles. The first-order chi connectivity index (χ1) is 10.7. The van der Waals surface area contributed by atoms with Gasteiger partial charge in [-0.05, 0) is 30.7 Å². The monoisotopic (exact) mass is 302 g/mol. The van der Waals surface area contributed by atoms with Crippen molar-refractivity contribution in [1.29, 1.82) is 0 Å². The summed E-state index contributed by atoms with van der Waals surface area (Å²) >= 11 is 0. The number of benzene rings is 1. The zero-order valence-electron chi connectivity index (χ0n) is 14.1. The van der Waals surface area contributed by atoms with Crippen LogP contribution in [-0.4, -0.2) is 17.8 Å². The summed E-state index contributed by atoms with van der Waals surface area (Å²) in [6, 6.07) is 7.45. The van der Waals surface area contributed by atoms with E-state index in [1.54, 1.807) is 6.08 Å². The van der Waals surface area contributed by atoms with Crippen LogP contribution < -0.4 is 11.2 Å². The summed E-state index contributed by atoms with van der Waals surface area (Å²) in [6.07, 6.45) is 3.46. The Labute approximate surface area is 133 Å². The van der Waals surface area contributed by atoms with Gasteiger partial charge in [-0.1, -0.05) is 39.8 Å². The third-order valence-corrected chi connectivity index (χ3v) is 2.63.